The van der Waals surface area contributed by atoms with Crippen molar-refractivity contribution in [1.82, 2.24) is 14.3 Å². The largest absolute Gasteiger partial charge is 0.420 e. The Balaban J connectivity index is 1.58. The second kappa shape index (κ2) is 6.23. The van der Waals surface area contributed by atoms with Crippen molar-refractivity contribution in [3.8, 4) is 0 Å². The monoisotopic (exact) mass is 340 g/mol. The first-order valence-corrected chi connectivity index (χ1v) is 8.56. The predicted molar refractivity (Wildman–Crippen MR) is 93.6 cm³/mol. The van der Waals surface area contributed by atoms with E-state index in [1.54, 1.807) is 24.4 Å². The topological polar surface area (TPSA) is 82.1 Å². The van der Waals surface area contributed by atoms with Crippen LogP contribution in [0.25, 0.3) is 11.1 Å². The van der Waals surface area contributed by atoms with E-state index in [-0.39, 0.29) is 12.5 Å². The summed E-state index contributed by atoms with van der Waals surface area (Å²) >= 11 is 0. The molecule has 1 aromatic carbocycles. The Hall–Kier alpha value is -2.83. The van der Waals surface area contributed by atoms with Crippen molar-refractivity contribution in [2.24, 2.45) is 0 Å². The number of hydrogen-bond acceptors (Lipinski definition) is 4. The van der Waals surface area contributed by atoms with Crippen LogP contribution in [0.4, 0.5) is 5.82 Å². The predicted octanol–water partition coefficient (Wildman–Crippen LogP) is 2.85. The molecule has 2 heterocycles. The third kappa shape index (κ3) is 2.86. The van der Waals surface area contributed by atoms with Crippen molar-refractivity contribution in [3.05, 3.63) is 46.6 Å². The lowest BCUT2D eigenvalue weighted by molar-refractivity contribution is -0.116. The molecule has 1 aliphatic rings. The van der Waals surface area contributed by atoms with E-state index in [0.717, 1.165) is 24.2 Å². The number of rotatable bonds is 4. The highest BCUT2D eigenvalue weighted by Crippen LogP contribution is 2.32. The average molecular weight is 340 g/mol. The van der Waals surface area contributed by atoms with Crippen LogP contribution in [0.3, 0.4) is 0 Å². The molecule has 130 valence electrons. The number of carbonyl (C=O) groups is 1. The van der Waals surface area contributed by atoms with Gasteiger partial charge in [-0.05, 0) is 31.9 Å². The summed E-state index contributed by atoms with van der Waals surface area (Å²) in [6, 6.07) is 7.41. The van der Waals surface area contributed by atoms with Gasteiger partial charge in [0.2, 0.25) is 5.91 Å². The highest BCUT2D eigenvalue weighted by Gasteiger charge is 2.22. The van der Waals surface area contributed by atoms with E-state index in [2.05, 4.69) is 10.4 Å². The fraction of sp³-hybridized carbons (Fsp3) is 0.389. The molecule has 7 heteroatoms. The molecular formula is C18H20N4O3. The van der Waals surface area contributed by atoms with Crippen LogP contribution in [-0.4, -0.2) is 20.3 Å². The van der Waals surface area contributed by atoms with Gasteiger partial charge in [0.15, 0.2) is 5.58 Å². The molecule has 1 fully saturated rings. The summed E-state index contributed by atoms with van der Waals surface area (Å²) in [5, 5.41) is 7.36. The molecule has 3 aromatic rings. The number of aryl methyl sites for hydroxylation is 1. The van der Waals surface area contributed by atoms with E-state index in [4.69, 9.17) is 4.42 Å². The van der Waals surface area contributed by atoms with Gasteiger partial charge in [0.1, 0.15) is 12.4 Å². The molecule has 0 unspecified atom stereocenters. The summed E-state index contributed by atoms with van der Waals surface area (Å²) in [6.45, 7) is 1.83. The van der Waals surface area contributed by atoms with Gasteiger partial charge in [-0.3, -0.25) is 9.36 Å². The molecule has 0 aliphatic heterocycles. The van der Waals surface area contributed by atoms with Crippen LogP contribution in [0.15, 0.2) is 39.7 Å². The molecule has 0 atom stereocenters. The van der Waals surface area contributed by atoms with Gasteiger partial charge in [-0.1, -0.05) is 25.0 Å². The number of aromatic nitrogens is 3. The molecule has 4 rings (SSSR count). The van der Waals surface area contributed by atoms with E-state index in [9.17, 15) is 9.59 Å². The maximum absolute atomic E-state index is 12.5. The molecule has 1 aliphatic carbocycles. The van der Waals surface area contributed by atoms with Crippen LogP contribution < -0.4 is 11.1 Å². The zero-order valence-electron chi connectivity index (χ0n) is 14.1. The van der Waals surface area contributed by atoms with E-state index in [0.29, 0.717) is 17.1 Å². The van der Waals surface area contributed by atoms with E-state index >= 15 is 0 Å². The van der Waals surface area contributed by atoms with E-state index in [1.807, 2.05) is 17.7 Å². The molecule has 7 nitrogen and oxygen atoms in total. The first-order valence-electron chi connectivity index (χ1n) is 8.56. The number of hydrogen-bond donors (Lipinski definition) is 1. The zero-order chi connectivity index (χ0) is 17.4. The van der Waals surface area contributed by atoms with Gasteiger partial charge in [-0.25, -0.2) is 9.48 Å². The number of fused-ring (bicyclic) bond motifs is 1. The quantitative estimate of drug-likeness (QED) is 0.792. The van der Waals surface area contributed by atoms with Crippen molar-refractivity contribution >= 4 is 22.8 Å². The Morgan fingerprint density at radius 3 is 2.88 bits per heavy atom. The summed E-state index contributed by atoms with van der Waals surface area (Å²) in [4.78, 5) is 24.6. The SMILES string of the molecule is Cc1cnn(C2CCCC2)c1NC(=O)Cn1c(=O)oc2ccccc21. The second-order valence-electron chi connectivity index (χ2n) is 6.53. The molecule has 1 amide bonds. The molecule has 1 N–H and O–H groups in total. The lowest BCUT2D eigenvalue weighted by atomic mass is 10.2. The fourth-order valence-corrected chi connectivity index (χ4v) is 3.51. The van der Waals surface area contributed by atoms with Crippen LogP contribution in [0.2, 0.25) is 0 Å². The first kappa shape index (κ1) is 15.7. The molecule has 0 bridgehead atoms. The number of nitrogens with zero attached hydrogens (tertiary/aromatic N) is 3. The third-order valence-electron chi connectivity index (χ3n) is 4.78. The lowest BCUT2D eigenvalue weighted by Gasteiger charge is -2.15. The van der Waals surface area contributed by atoms with Crippen molar-refractivity contribution in [1.29, 1.82) is 0 Å². The zero-order valence-corrected chi connectivity index (χ0v) is 14.1. The van der Waals surface area contributed by atoms with Crippen LogP contribution in [-0.2, 0) is 11.3 Å². The van der Waals surface area contributed by atoms with Crippen molar-refractivity contribution in [3.63, 3.8) is 0 Å². The Morgan fingerprint density at radius 1 is 1.32 bits per heavy atom. The van der Waals surface area contributed by atoms with Gasteiger partial charge in [0.25, 0.3) is 0 Å². The number of para-hydroxylation sites is 2. The summed E-state index contributed by atoms with van der Waals surface area (Å²) in [5.41, 5.74) is 2.01. The van der Waals surface area contributed by atoms with Crippen LogP contribution in [0.1, 0.15) is 37.3 Å². The maximum Gasteiger partial charge on any atom is 0.420 e. The van der Waals surface area contributed by atoms with Crippen LogP contribution in [0, 0.1) is 6.92 Å². The molecule has 0 saturated heterocycles. The Bertz CT molecular complexity index is 976. The van der Waals surface area contributed by atoms with Crippen LogP contribution in [0.5, 0.6) is 0 Å². The Labute approximate surface area is 144 Å². The van der Waals surface area contributed by atoms with Crippen LogP contribution >= 0.6 is 0 Å². The second-order valence-corrected chi connectivity index (χ2v) is 6.53. The number of carbonyl (C=O) groups excluding carboxylic acids is 1. The molecule has 0 radical (unpaired) electrons. The average Bonchev–Trinajstić information content (AvgIpc) is 3.30. The van der Waals surface area contributed by atoms with Gasteiger partial charge in [-0.2, -0.15) is 5.10 Å². The van der Waals surface area contributed by atoms with Crippen molar-refractivity contribution < 1.29 is 9.21 Å². The molecule has 1 saturated carbocycles. The number of benzene rings is 1. The Kier molecular flexibility index (Phi) is 3.91. The minimum atomic E-state index is -0.530. The first-order chi connectivity index (χ1) is 12.1. The number of nitrogens with one attached hydrogen (secondary N) is 1. The molecule has 25 heavy (non-hydrogen) atoms. The summed E-state index contributed by atoms with van der Waals surface area (Å²) < 4.78 is 8.43. The van der Waals surface area contributed by atoms with E-state index < -0.39 is 5.76 Å². The third-order valence-corrected chi connectivity index (χ3v) is 4.78. The Morgan fingerprint density at radius 2 is 2.08 bits per heavy atom. The summed E-state index contributed by atoms with van der Waals surface area (Å²) in [5.74, 6) is -0.0772. The smallest absolute Gasteiger partial charge is 0.408 e. The minimum Gasteiger partial charge on any atom is -0.408 e. The number of oxazole rings is 1. The molecule has 2 aromatic heterocycles. The summed E-state index contributed by atoms with van der Waals surface area (Å²) in [7, 11) is 0. The van der Waals surface area contributed by atoms with Gasteiger partial charge in [0, 0.05) is 5.56 Å². The maximum atomic E-state index is 12.5. The van der Waals surface area contributed by atoms with Gasteiger partial charge >= 0.3 is 5.76 Å². The van der Waals surface area contributed by atoms with Gasteiger partial charge in [-0.15, -0.1) is 0 Å². The standard InChI is InChI=1S/C18H20N4O3/c1-12-10-19-22(13-6-2-3-7-13)17(12)20-16(23)11-21-14-8-4-5-9-15(14)25-18(21)24/h4-5,8-10,13H,2-3,6-7,11H2,1H3,(H,20,23). The number of amides is 1. The van der Waals surface area contributed by atoms with E-state index in [1.165, 1.54) is 17.4 Å². The van der Waals surface area contributed by atoms with Gasteiger partial charge < -0.3 is 9.73 Å². The summed E-state index contributed by atoms with van der Waals surface area (Å²) in [6.07, 6.45) is 6.31. The minimum absolute atomic E-state index is 0.0921. The van der Waals surface area contributed by atoms with Crippen molar-refractivity contribution in [2.75, 3.05) is 5.32 Å². The van der Waals surface area contributed by atoms with Crippen molar-refractivity contribution in [2.45, 2.75) is 45.2 Å². The molecular weight excluding hydrogens is 320 g/mol. The van der Waals surface area contributed by atoms with Gasteiger partial charge in [0.05, 0.1) is 17.8 Å². The highest BCUT2D eigenvalue weighted by atomic mass is 16.4. The molecule has 0 spiro atoms. The highest BCUT2D eigenvalue weighted by molar-refractivity contribution is 5.91. The fourth-order valence-electron chi connectivity index (χ4n) is 3.51. The number of anilines is 1. The normalized spacial score (nSPS) is 15.1. The lowest BCUT2D eigenvalue weighted by Crippen LogP contribution is -2.26.